The molecule has 0 heterocycles. The molecule has 2 N–H and O–H groups in total. The molecule has 0 spiro atoms. The lowest BCUT2D eigenvalue weighted by Gasteiger charge is -2.07. The second-order valence-electron chi connectivity index (χ2n) is 2.71. The van der Waals surface area contributed by atoms with Crippen LogP contribution in [-0.2, 0) is 4.79 Å². The van der Waals surface area contributed by atoms with Crippen molar-refractivity contribution in [2.45, 2.75) is 12.8 Å². The summed E-state index contributed by atoms with van der Waals surface area (Å²) in [7, 11) is 0. The Morgan fingerprint density at radius 1 is 1.58 bits per heavy atom. The smallest absolute Gasteiger partial charge is 0.127 e. The number of carbonyl (C=O) groups excluding carboxylic acids is 1. The lowest BCUT2D eigenvalue weighted by molar-refractivity contribution is -0.108. The minimum atomic E-state index is -0.0691. The molecule has 1 aromatic carbocycles. The highest BCUT2D eigenvalue weighted by molar-refractivity contribution is 14.1. The summed E-state index contributed by atoms with van der Waals surface area (Å²) in [5, 5.41) is 0. The van der Waals surface area contributed by atoms with Crippen LogP contribution in [0.4, 0.5) is 5.69 Å². The topological polar surface area (TPSA) is 43.1 Å². The molecule has 0 aromatic heterocycles. The molecule has 3 heteroatoms. The lowest BCUT2D eigenvalue weighted by atomic mass is 10.0. The molecule has 1 unspecified atom stereocenters. The molecule has 0 saturated heterocycles. The first-order chi connectivity index (χ1) is 5.65. The molecule has 2 nitrogen and oxygen atoms in total. The molecule has 0 aliphatic heterocycles. The molecule has 0 bridgehead atoms. The zero-order chi connectivity index (χ0) is 9.14. The Morgan fingerprint density at radius 2 is 2.25 bits per heavy atom. The number of nitrogen functional groups attached to an aromatic ring is 1. The van der Waals surface area contributed by atoms with E-state index < -0.39 is 0 Å². The van der Waals surface area contributed by atoms with Crippen LogP contribution in [0.3, 0.4) is 0 Å². The Morgan fingerprint density at radius 3 is 2.83 bits per heavy atom. The molecule has 0 aliphatic carbocycles. The number of aldehydes is 1. The van der Waals surface area contributed by atoms with Crippen molar-refractivity contribution in [3.05, 3.63) is 27.3 Å². The third-order valence-electron chi connectivity index (χ3n) is 1.71. The predicted molar refractivity (Wildman–Crippen MR) is 58.1 cm³/mol. The number of hydrogen-bond donors (Lipinski definition) is 1. The van der Waals surface area contributed by atoms with E-state index >= 15 is 0 Å². The maximum absolute atomic E-state index is 10.5. The van der Waals surface area contributed by atoms with Gasteiger partial charge in [0.25, 0.3) is 0 Å². The van der Waals surface area contributed by atoms with Crippen LogP contribution >= 0.6 is 22.6 Å². The summed E-state index contributed by atoms with van der Waals surface area (Å²) >= 11 is 2.20. The van der Waals surface area contributed by atoms with Crippen LogP contribution in [0, 0.1) is 3.57 Å². The average Bonchev–Trinajstić information content (AvgIpc) is 2.08. The first-order valence-electron chi connectivity index (χ1n) is 3.65. The Kier molecular flexibility index (Phi) is 3.08. The highest BCUT2D eigenvalue weighted by atomic mass is 127. The number of anilines is 1. The number of nitrogens with two attached hydrogens (primary N) is 1. The van der Waals surface area contributed by atoms with Crippen molar-refractivity contribution >= 4 is 34.6 Å². The summed E-state index contributed by atoms with van der Waals surface area (Å²) in [5.74, 6) is -0.0691. The van der Waals surface area contributed by atoms with E-state index in [2.05, 4.69) is 22.6 Å². The minimum Gasteiger partial charge on any atom is -0.399 e. The fraction of sp³-hybridized carbons (Fsp3) is 0.222. The Hall–Kier alpha value is -0.580. The van der Waals surface area contributed by atoms with Crippen LogP contribution in [0.1, 0.15) is 18.4 Å². The molecule has 1 atom stereocenters. The quantitative estimate of drug-likeness (QED) is 0.510. The van der Waals surface area contributed by atoms with Crippen LogP contribution in [0.5, 0.6) is 0 Å². The predicted octanol–water partition coefficient (Wildman–Crippen LogP) is 2.18. The van der Waals surface area contributed by atoms with E-state index in [1.54, 1.807) is 0 Å². The van der Waals surface area contributed by atoms with Crippen LogP contribution in [-0.4, -0.2) is 6.29 Å². The first-order valence-corrected chi connectivity index (χ1v) is 4.73. The zero-order valence-corrected chi connectivity index (χ0v) is 8.91. The maximum atomic E-state index is 10.5. The molecular weight excluding hydrogens is 265 g/mol. The van der Waals surface area contributed by atoms with Gasteiger partial charge < -0.3 is 10.5 Å². The molecule has 0 amide bonds. The van der Waals surface area contributed by atoms with Gasteiger partial charge in [-0.15, -0.1) is 0 Å². The van der Waals surface area contributed by atoms with Gasteiger partial charge in [-0.1, -0.05) is 6.92 Å². The van der Waals surface area contributed by atoms with Crippen molar-refractivity contribution in [2.75, 3.05) is 5.73 Å². The summed E-state index contributed by atoms with van der Waals surface area (Å²) < 4.78 is 1.08. The van der Waals surface area contributed by atoms with Crippen molar-refractivity contribution in [1.82, 2.24) is 0 Å². The van der Waals surface area contributed by atoms with Gasteiger partial charge in [-0.05, 0) is 46.4 Å². The zero-order valence-electron chi connectivity index (χ0n) is 6.75. The van der Waals surface area contributed by atoms with Crippen molar-refractivity contribution in [1.29, 1.82) is 0 Å². The van der Waals surface area contributed by atoms with Crippen LogP contribution in [0.25, 0.3) is 0 Å². The number of hydrogen-bond acceptors (Lipinski definition) is 2. The second kappa shape index (κ2) is 3.89. The van der Waals surface area contributed by atoms with E-state index in [0.29, 0.717) is 5.69 Å². The molecule has 0 saturated carbocycles. The first kappa shape index (κ1) is 9.51. The second-order valence-corrected chi connectivity index (χ2v) is 3.87. The third-order valence-corrected chi connectivity index (χ3v) is 2.70. The molecule has 12 heavy (non-hydrogen) atoms. The summed E-state index contributed by atoms with van der Waals surface area (Å²) in [4.78, 5) is 10.5. The monoisotopic (exact) mass is 275 g/mol. The Bertz CT molecular complexity index is 299. The highest BCUT2D eigenvalue weighted by Crippen LogP contribution is 2.22. The van der Waals surface area contributed by atoms with Crippen LogP contribution in [0.15, 0.2) is 18.2 Å². The van der Waals surface area contributed by atoms with Gasteiger partial charge in [0.1, 0.15) is 6.29 Å². The highest BCUT2D eigenvalue weighted by Gasteiger charge is 2.07. The maximum Gasteiger partial charge on any atom is 0.127 e. The number of carbonyl (C=O) groups is 1. The van der Waals surface area contributed by atoms with Gasteiger partial charge in [0.2, 0.25) is 0 Å². The van der Waals surface area contributed by atoms with E-state index in [1.807, 2.05) is 25.1 Å². The third kappa shape index (κ3) is 1.97. The molecular formula is C9H10INO. The Balaban J connectivity index is 3.12. The summed E-state index contributed by atoms with van der Waals surface area (Å²) in [6, 6.07) is 5.61. The molecule has 1 aromatic rings. The number of rotatable bonds is 2. The fourth-order valence-electron chi connectivity index (χ4n) is 0.984. The molecule has 0 aliphatic rings. The van der Waals surface area contributed by atoms with Gasteiger partial charge in [0.15, 0.2) is 0 Å². The van der Waals surface area contributed by atoms with Gasteiger partial charge >= 0.3 is 0 Å². The normalized spacial score (nSPS) is 12.5. The lowest BCUT2D eigenvalue weighted by Crippen LogP contribution is -1.98. The standard InChI is InChI=1S/C9H10INO/c1-6(5-12)8-4-7(11)2-3-9(8)10/h2-6H,11H2,1H3. The van der Waals surface area contributed by atoms with E-state index in [4.69, 9.17) is 5.73 Å². The minimum absolute atomic E-state index is 0.0691. The van der Waals surface area contributed by atoms with Crippen molar-refractivity contribution in [3.8, 4) is 0 Å². The number of benzene rings is 1. The van der Waals surface area contributed by atoms with Crippen LogP contribution in [0.2, 0.25) is 0 Å². The van der Waals surface area contributed by atoms with E-state index in [1.165, 1.54) is 0 Å². The molecule has 0 radical (unpaired) electrons. The summed E-state index contributed by atoms with van der Waals surface area (Å²) in [5.41, 5.74) is 7.31. The largest absolute Gasteiger partial charge is 0.399 e. The Labute approximate surface area is 85.3 Å². The van der Waals surface area contributed by atoms with Crippen molar-refractivity contribution in [3.63, 3.8) is 0 Å². The van der Waals surface area contributed by atoms with Gasteiger partial charge in [-0.25, -0.2) is 0 Å². The summed E-state index contributed by atoms with van der Waals surface area (Å²) in [6.07, 6.45) is 0.928. The van der Waals surface area contributed by atoms with Gasteiger partial charge in [-0.3, -0.25) is 0 Å². The molecule has 0 fully saturated rings. The molecule has 64 valence electrons. The van der Waals surface area contributed by atoms with Gasteiger partial charge in [-0.2, -0.15) is 0 Å². The van der Waals surface area contributed by atoms with Crippen molar-refractivity contribution in [2.24, 2.45) is 0 Å². The number of halogens is 1. The van der Waals surface area contributed by atoms with Crippen LogP contribution < -0.4 is 5.73 Å². The van der Waals surface area contributed by atoms with Gasteiger partial charge in [0.05, 0.1) is 0 Å². The fourth-order valence-corrected chi connectivity index (χ4v) is 1.81. The summed E-state index contributed by atoms with van der Waals surface area (Å²) in [6.45, 7) is 1.87. The average molecular weight is 275 g/mol. The van der Waals surface area contributed by atoms with Crippen molar-refractivity contribution < 1.29 is 4.79 Å². The van der Waals surface area contributed by atoms with Gasteiger partial charge in [0, 0.05) is 15.2 Å². The van der Waals surface area contributed by atoms with E-state index in [-0.39, 0.29) is 5.92 Å². The van der Waals surface area contributed by atoms with E-state index in [9.17, 15) is 4.79 Å². The SMILES string of the molecule is CC(C=O)c1cc(N)ccc1I. The van der Waals surface area contributed by atoms with E-state index in [0.717, 1.165) is 15.4 Å². The molecule has 1 rings (SSSR count).